The van der Waals surface area contributed by atoms with Gasteiger partial charge in [-0.05, 0) is 43.2 Å². The third kappa shape index (κ3) is 5.26. The second-order valence-electron chi connectivity index (χ2n) is 8.04. The smallest absolute Gasteiger partial charge is 0.325 e. The Morgan fingerprint density at radius 1 is 1.03 bits per heavy atom. The van der Waals surface area contributed by atoms with Crippen LogP contribution in [-0.2, 0) is 19.9 Å². The number of rotatable bonds is 8. The summed E-state index contributed by atoms with van der Waals surface area (Å²) in [5, 5.41) is 4.56. The fraction of sp³-hybridized carbons (Fsp3) is 0.304. The van der Waals surface area contributed by atoms with Crippen LogP contribution in [0.2, 0.25) is 0 Å². The molecule has 5 amide bonds. The summed E-state index contributed by atoms with van der Waals surface area (Å²) < 4.78 is 53.6. The number of carbonyl (C=O) groups excluding carboxylic acids is 4. The second-order valence-corrected chi connectivity index (χ2v) is 8.04. The number of hydrogen-bond donors (Lipinski definition) is 2. The summed E-state index contributed by atoms with van der Waals surface area (Å²) in [6.45, 7) is 1.91. The maximum Gasteiger partial charge on any atom is 0.325 e. The van der Waals surface area contributed by atoms with Crippen LogP contribution in [0.1, 0.15) is 25.8 Å². The molecule has 0 aromatic heterocycles. The van der Waals surface area contributed by atoms with Gasteiger partial charge < -0.3 is 15.5 Å². The molecule has 0 bridgehead atoms. The molecule has 1 aliphatic rings. The summed E-state index contributed by atoms with van der Waals surface area (Å²) in [5.74, 6) is -7.70. The largest absolute Gasteiger partial charge is 0.332 e. The minimum atomic E-state index is -1.76. The van der Waals surface area contributed by atoms with E-state index in [9.17, 15) is 36.7 Å². The van der Waals surface area contributed by atoms with Crippen molar-refractivity contribution in [1.29, 1.82) is 0 Å². The number of nitrogens with one attached hydrogen (secondary N) is 2. The van der Waals surface area contributed by atoms with Crippen LogP contribution in [0.3, 0.4) is 0 Å². The highest BCUT2D eigenvalue weighted by atomic mass is 19.2. The average molecular weight is 494 g/mol. The summed E-state index contributed by atoms with van der Waals surface area (Å²) in [5.41, 5.74) is -1.82. The summed E-state index contributed by atoms with van der Waals surface area (Å²) in [6.07, 6.45) is 0.409. The van der Waals surface area contributed by atoms with Crippen molar-refractivity contribution in [2.75, 3.05) is 25.0 Å². The molecule has 1 unspecified atom stereocenters. The van der Waals surface area contributed by atoms with Crippen LogP contribution in [0, 0.1) is 23.3 Å². The Morgan fingerprint density at radius 3 is 2.31 bits per heavy atom. The number of urea groups is 1. The van der Waals surface area contributed by atoms with Crippen molar-refractivity contribution in [2.45, 2.75) is 25.8 Å². The number of hydrogen-bond acceptors (Lipinski definition) is 4. The third-order valence-electron chi connectivity index (χ3n) is 5.48. The zero-order valence-electron chi connectivity index (χ0n) is 18.8. The highest BCUT2D eigenvalue weighted by molar-refractivity contribution is 6.09. The minimum Gasteiger partial charge on any atom is -0.332 e. The number of benzene rings is 2. The van der Waals surface area contributed by atoms with Crippen molar-refractivity contribution in [3.8, 4) is 0 Å². The van der Waals surface area contributed by atoms with Crippen molar-refractivity contribution in [2.24, 2.45) is 0 Å². The highest BCUT2D eigenvalue weighted by Gasteiger charge is 2.49. The average Bonchev–Trinajstić information content (AvgIpc) is 3.03. The van der Waals surface area contributed by atoms with Crippen molar-refractivity contribution < 1.29 is 36.7 Å². The Morgan fingerprint density at radius 2 is 1.69 bits per heavy atom. The normalized spacial score (nSPS) is 17.4. The van der Waals surface area contributed by atoms with E-state index in [1.54, 1.807) is 6.92 Å². The molecule has 12 heteroatoms. The Kier molecular flexibility index (Phi) is 7.42. The van der Waals surface area contributed by atoms with Gasteiger partial charge in [0.15, 0.2) is 17.5 Å². The van der Waals surface area contributed by atoms with Crippen molar-refractivity contribution in [3.63, 3.8) is 0 Å². The Bertz CT molecular complexity index is 1170. The molecule has 1 fully saturated rings. The zero-order chi connectivity index (χ0) is 25.9. The molecule has 1 heterocycles. The number of halogens is 4. The van der Waals surface area contributed by atoms with Gasteiger partial charge in [-0.2, -0.15) is 0 Å². The van der Waals surface area contributed by atoms with Gasteiger partial charge in [-0.1, -0.05) is 19.1 Å². The summed E-state index contributed by atoms with van der Waals surface area (Å²) in [4.78, 5) is 52.4. The van der Waals surface area contributed by atoms with Crippen LogP contribution in [0.25, 0.3) is 0 Å². The second kappa shape index (κ2) is 10.1. The first kappa shape index (κ1) is 25.7. The van der Waals surface area contributed by atoms with E-state index in [0.29, 0.717) is 23.0 Å². The molecule has 2 N–H and O–H groups in total. The molecule has 186 valence electrons. The summed E-state index contributed by atoms with van der Waals surface area (Å²) >= 11 is 0. The van der Waals surface area contributed by atoms with E-state index >= 15 is 0 Å². The maximum atomic E-state index is 13.8. The molecule has 8 nitrogen and oxygen atoms in total. The number of anilines is 1. The predicted octanol–water partition coefficient (Wildman–Crippen LogP) is 2.89. The molecule has 0 saturated carbocycles. The van der Waals surface area contributed by atoms with E-state index in [1.807, 2.05) is 0 Å². The van der Waals surface area contributed by atoms with Gasteiger partial charge in [0.25, 0.3) is 5.91 Å². The molecule has 35 heavy (non-hydrogen) atoms. The minimum absolute atomic E-state index is 0.0609. The quantitative estimate of drug-likeness (QED) is 0.335. The monoisotopic (exact) mass is 494 g/mol. The molecule has 0 aliphatic carbocycles. The topological polar surface area (TPSA) is 98.8 Å². The van der Waals surface area contributed by atoms with E-state index in [4.69, 9.17) is 0 Å². The highest BCUT2D eigenvalue weighted by Crippen LogP contribution is 2.29. The SMILES string of the molecule is CCCN(CC(=O)Nc1ccc(F)c(F)c1F)C(=O)CN1C(=O)NC(C)(c2ccc(F)cc2)C1=O. The van der Waals surface area contributed by atoms with E-state index in [-0.39, 0.29) is 6.54 Å². The van der Waals surface area contributed by atoms with Gasteiger partial charge in [-0.25, -0.2) is 22.4 Å². The van der Waals surface area contributed by atoms with Crippen LogP contribution < -0.4 is 10.6 Å². The summed E-state index contributed by atoms with van der Waals surface area (Å²) in [6, 6.07) is 5.56. The first-order chi connectivity index (χ1) is 16.5. The fourth-order valence-electron chi connectivity index (χ4n) is 3.60. The van der Waals surface area contributed by atoms with Gasteiger partial charge in [0.05, 0.1) is 12.2 Å². The lowest BCUT2D eigenvalue weighted by atomic mass is 9.92. The first-order valence-corrected chi connectivity index (χ1v) is 10.6. The van der Waals surface area contributed by atoms with Crippen LogP contribution in [0.5, 0.6) is 0 Å². The molecule has 1 aliphatic heterocycles. The van der Waals surface area contributed by atoms with Gasteiger partial charge in [-0.3, -0.25) is 19.3 Å². The van der Waals surface area contributed by atoms with Gasteiger partial charge in [-0.15, -0.1) is 0 Å². The lowest BCUT2D eigenvalue weighted by Crippen LogP contribution is -2.46. The molecule has 1 saturated heterocycles. The molecule has 3 rings (SSSR count). The van der Waals surface area contributed by atoms with E-state index in [2.05, 4.69) is 10.6 Å². The fourth-order valence-corrected chi connectivity index (χ4v) is 3.60. The van der Waals surface area contributed by atoms with Crippen LogP contribution in [0.15, 0.2) is 36.4 Å². The number of nitrogens with zero attached hydrogens (tertiary/aromatic N) is 2. The number of amides is 5. The van der Waals surface area contributed by atoms with Crippen molar-refractivity contribution in [3.05, 3.63) is 65.2 Å². The number of imide groups is 1. The van der Waals surface area contributed by atoms with Gasteiger partial charge in [0.1, 0.15) is 17.9 Å². The van der Waals surface area contributed by atoms with Gasteiger partial charge in [0.2, 0.25) is 11.8 Å². The maximum absolute atomic E-state index is 13.8. The van der Waals surface area contributed by atoms with Crippen LogP contribution in [0.4, 0.5) is 28.0 Å². The lowest BCUT2D eigenvalue weighted by Gasteiger charge is -2.25. The summed E-state index contributed by atoms with van der Waals surface area (Å²) in [7, 11) is 0. The van der Waals surface area contributed by atoms with E-state index in [1.165, 1.54) is 19.1 Å². The lowest BCUT2D eigenvalue weighted by molar-refractivity contribution is -0.140. The molecule has 0 spiro atoms. The Balaban J connectivity index is 1.71. The Labute approximate surface area is 197 Å². The zero-order valence-corrected chi connectivity index (χ0v) is 18.8. The third-order valence-corrected chi connectivity index (χ3v) is 5.48. The molecule has 2 aromatic carbocycles. The van der Waals surface area contributed by atoms with Crippen LogP contribution in [-0.4, -0.2) is 53.2 Å². The van der Waals surface area contributed by atoms with Crippen molar-refractivity contribution in [1.82, 2.24) is 15.1 Å². The van der Waals surface area contributed by atoms with Crippen LogP contribution >= 0.6 is 0 Å². The number of carbonyl (C=O) groups is 4. The van der Waals surface area contributed by atoms with E-state index < -0.39 is 71.3 Å². The van der Waals surface area contributed by atoms with Gasteiger partial charge in [0, 0.05) is 6.54 Å². The van der Waals surface area contributed by atoms with Crippen molar-refractivity contribution >= 4 is 29.4 Å². The molecular weight excluding hydrogens is 472 g/mol. The van der Waals surface area contributed by atoms with Gasteiger partial charge >= 0.3 is 6.03 Å². The van der Waals surface area contributed by atoms with E-state index in [0.717, 1.165) is 23.1 Å². The molecular formula is C23H22F4N4O4. The Hall–Kier alpha value is -3.96. The standard InChI is InChI=1S/C23H22F4N4O4/c1-3-10-30(11-17(32)28-16-9-8-15(25)19(26)20(16)27)18(33)12-31-21(34)23(2,29-22(31)35)13-4-6-14(24)7-5-13/h4-9H,3,10-12H2,1-2H3,(H,28,32)(H,29,35). The molecule has 2 aromatic rings. The predicted molar refractivity (Wildman–Crippen MR) is 116 cm³/mol. The first-order valence-electron chi connectivity index (χ1n) is 10.6. The molecule has 1 atom stereocenters. The molecule has 0 radical (unpaired) electrons.